The van der Waals surface area contributed by atoms with Crippen LogP contribution in [0.15, 0.2) is 29.8 Å². The molecule has 2 heterocycles. The average molecular weight is 331 g/mol. The molecule has 0 saturated heterocycles. The Morgan fingerprint density at radius 2 is 1.87 bits per heavy atom. The average Bonchev–Trinajstić information content (AvgIpc) is 2.95. The number of hydrogen-bond donors (Lipinski definition) is 0. The molecule has 124 valence electrons. The van der Waals surface area contributed by atoms with Gasteiger partial charge >= 0.3 is 0 Å². The van der Waals surface area contributed by atoms with Gasteiger partial charge in [-0.25, -0.2) is 4.98 Å². The van der Waals surface area contributed by atoms with Crippen molar-refractivity contribution in [1.29, 1.82) is 0 Å². The molecule has 0 unspecified atom stereocenters. The Bertz CT molecular complexity index is 612. The van der Waals surface area contributed by atoms with Gasteiger partial charge in [-0.05, 0) is 24.0 Å². The van der Waals surface area contributed by atoms with Crippen molar-refractivity contribution in [2.45, 2.75) is 34.1 Å². The highest BCUT2D eigenvalue weighted by Gasteiger charge is 2.18. The van der Waals surface area contributed by atoms with E-state index in [9.17, 15) is 4.79 Å². The maximum atomic E-state index is 12.6. The highest BCUT2D eigenvalue weighted by atomic mass is 32.1. The standard InChI is InChI=1S/C18H25N3OS/c1-13(2)10-21(11-14(3)4)17(22)9-15-12-23-18(20-15)16-7-5-6-8-19-16/h5-8,12-14H,9-11H2,1-4H3. The van der Waals surface area contributed by atoms with Gasteiger partial charge in [0.1, 0.15) is 5.01 Å². The largest absolute Gasteiger partial charge is 0.342 e. The third-order valence-corrected chi connectivity index (χ3v) is 4.21. The molecule has 2 aromatic heterocycles. The van der Waals surface area contributed by atoms with Crippen molar-refractivity contribution >= 4 is 17.2 Å². The van der Waals surface area contributed by atoms with Crippen LogP contribution in [0.25, 0.3) is 10.7 Å². The zero-order chi connectivity index (χ0) is 16.8. The SMILES string of the molecule is CC(C)CN(CC(C)C)C(=O)Cc1csc(-c2ccccn2)n1. The van der Waals surface area contributed by atoms with Crippen LogP contribution in [0.4, 0.5) is 0 Å². The molecular formula is C18H25N3OS. The molecule has 0 aliphatic carbocycles. The van der Waals surface area contributed by atoms with Crippen molar-refractivity contribution in [3.05, 3.63) is 35.5 Å². The summed E-state index contributed by atoms with van der Waals surface area (Å²) in [7, 11) is 0. The number of aromatic nitrogens is 2. The Kier molecular flexibility index (Phi) is 6.28. The second kappa shape index (κ2) is 8.20. The van der Waals surface area contributed by atoms with Crippen LogP contribution in [0.3, 0.4) is 0 Å². The molecule has 0 N–H and O–H groups in total. The van der Waals surface area contributed by atoms with E-state index in [0.717, 1.165) is 29.5 Å². The van der Waals surface area contributed by atoms with Crippen molar-refractivity contribution in [3.63, 3.8) is 0 Å². The van der Waals surface area contributed by atoms with E-state index in [4.69, 9.17) is 0 Å². The summed E-state index contributed by atoms with van der Waals surface area (Å²) in [4.78, 5) is 23.4. The number of carbonyl (C=O) groups is 1. The number of nitrogens with zero attached hydrogens (tertiary/aromatic N) is 3. The summed E-state index contributed by atoms with van der Waals surface area (Å²) < 4.78 is 0. The minimum atomic E-state index is 0.158. The summed E-state index contributed by atoms with van der Waals surface area (Å²) in [6.45, 7) is 10.2. The highest BCUT2D eigenvalue weighted by molar-refractivity contribution is 7.13. The Hall–Kier alpha value is -1.75. The molecule has 0 spiro atoms. The Labute approximate surface area is 142 Å². The minimum absolute atomic E-state index is 0.158. The van der Waals surface area contributed by atoms with Gasteiger partial charge < -0.3 is 4.90 Å². The number of rotatable bonds is 7. The molecule has 0 aliphatic rings. The Morgan fingerprint density at radius 1 is 1.17 bits per heavy atom. The fraction of sp³-hybridized carbons (Fsp3) is 0.500. The summed E-state index contributed by atoms with van der Waals surface area (Å²) in [5, 5.41) is 2.83. The zero-order valence-electron chi connectivity index (χ0n) is 14.3. The zero-order valence-corrected chi connectivity index (χ0v) is 15.1. The number of hydrogen-bond acceptors (Lipinski definition) is 4. The molecule has 2 rings (SSSR count). The molecule has 0 radical (unpaired) electrons. The van der Waals surface area contributed by atoms with Gasteiger partial charge in [0.15, 0.2) is 0 Å². The summed E-state index contributed by atoms with van der Waals surface area (Å²) in [5.41, 5.74) is 1.69. The molecule has 0 bridgehead atoms. The third-order valence-electron chi connectivity index (χ3n) is 3.29. The maximum absolute atomic E-state index is 12.6. The topological polar surface area (TPSA) is 46.1 Å². The van der Waals surface area contributed by atoms with Crippen LogP contribution < -0.4 is 0 Å². The number of pyridine rings is 1. The van der Waals surface area contributed by atoms with E-state index in [1.54, 1.807) is 6.20 Å². The highest BCUT2D eigenvalue weighted by Crippen LogP contribution is 2.22. The fourth-order valence-electron chi connectivity index (χ4n) is 2.42. The van der Waals surface area contributed by atoms with Gasteiger partial charge in [-0.15, -0.1) is 11.3 Å². The first-order valence-electron chi connectivity index (χ1n) is 8.09. The summed E-state index contributed by atoms with van der Waals surface area (Å²) >= 11 is 1.54. The first kappa shape index (κ1) is 17.6. The van der Waals surface area contributed by atoms with Crippen LogP contribution in [-0.4, -0.2) is 33.9 Å². The van der Waals surface area contributed by atoms with Gasteiger partial charge in [-0.3, -0.25) is 9.78 Å². The fourth-order valence-corrected chi connectivity index (χ4v) is 3.22. The van der Waals surface area contributed by atoms with Crippen molar-refractivity contribution in [1.82, 2.24) is 14.9 Å². The molecule has 0 aromatic carbocycles. The Morgan fingerprint density at radius 3 is 2.43 bits per heavy atom. The first-order chi connectivity index (χ1) is 11.0. The van der Waals surface area contributed by atoms with E-state index in [0.29, 0.717) is 18.3 Å². The first-order valence-corrected chi connectivity index (χ1v) is 8.97. The van der Waals surface area contributed by atoms with Gasteiger partial charge in [0, 0.05) is 24.7 Å². The lowest BCUT2D eigenvalue weighted by molar-refractivity contribution is -0.131. The number of thiazole rings is 1. The van der Waals surface area contributed by atoms with E-state index < -0.39 is 0 Å². The normalized spacial score (nSPS) is 11.2. The predicted octanol–water partition coefficient (Wildman–Crippen LogP) is 3.89. The van der Waals surface area contributed by atoms with Gasteiger partial charge in [0.2, 0.25) is 5.91 Å². The van der Waals surface area contributed by atoms with Crippen molar-refractivity contribution in [3.8, 4) is 10.7 Å². The Balaban J connectivity index is 2.05. The number of amides is 1. The molecule has 0 atom stereocenters. The summed E-state index contributed by atoms with van der Waals surface area (Å²) in [5.74, 6) is 1.10. The van der Waals surface area contributed by atoms with Crippen molar-refractivity contribution < 1.29 is 4.79 Å². The third kappa shape index (κ3) is 5.43. The van der Waals surface area contributed by atoms with Crippen LogP contribution in [0.2, 0.25) is 0 Å². The van der Waals surface area contributed by atoms with Crippen LogP contribution in [0.1, 0.15) is 33.4 Å². The van der Waals surface area contributed by atoms with Gasteiger partial charge in [-0.2, -0.15) is 0 Å². The lowest BCUT2D eigenvalue weighted by atomic mass is 10.1. The van der Waals surface area contributed by atoms with Crippen LogP contribution in [-0.2, 0) is 11.2 Å². The smallest absolute Gasteiger partial charge is 0.228 e. The lowest BCUT2D eigenvalue weighted by Gasteiger charge is -2.26. The predicted molar refractivity (Wildman–Crippen MR) is 95.3 cm³/mol. The summed E-state index contributed by atoms with van der Waals surface area (Å²) in [6, 6.07) is 5.77. The van der Waals surface area contributed by atoms with Crippen LogP contribution in [0.5, 0.6) is 0 Å². The van der Waals surface area contributed by atoms with E-state index in [1.807, 2.05) is 28.5 Å². The van der Waals surface area contributed by atoms with Crippen molar-refractivity contribution in [2.75, 3.05) is 13.1 Å². The maximum Gasteiger partial charge on any atom is 0.228 e. The number of carbonyl (C=O) groups excluding carboxylic acids is 1. The van der Waals surface area contributed by atoms with E-state index in [2.05, 4.69) is 37.7 Å². The molecule has 5 heteroatoms. The second-order valence-electron chi connectivity index (χ2n) is 6.62. The molecule has 0 aliphatic heterocycles. The van der Waals surface area contributed by atoms with Crippen molar-refractivity contribution in [2.24, 2.45) is 11.8 Å². The molecule has 4 nitrogen and oxygen atoms in total. The van der Waals surface area contributed by atoms with Crippen LogP contribution >= 0.6 is 11.3 Å². The van der Waals surface area contributed by atoms with Gasteiger partial charge in [-0.1, -0.05) is 33.8 Å². The molecule has 0 fully saturated rings. The minimum Gasteiger partial charge on any atom is -0.342 e. The second-order valence-corrected chi connectivity index (χ2v) is 7.48. The van der Waals surface area contributed by atoms with Gasteiger partial charge in [0.05, 0.1) is 17.8 Å². The monoisotopic (exact) mass is 331 g/mol. The van der Waals surface area contributed by atoms with E-state index in [1.165, 1.54) is 11.3 Å². The van der Waals surface area contributed by atoms with Crippen LogP contribution in [0, 0.1) is 11.8 Å². The van der Waals surface area contributed by atoms with E-state index >= 15 is 0 Å². The summed E-state index contributed by atoms with van der Waals surface area (Å²) in [6.07, 6.45) is 2.12. The molecule has 0 saturated carbocycles. The lowest BCUT2D eigenvalue weighted by Crippen LogP contribution is -2.38. The van der Waals surface area contributed by atoms with E-state index in [-0.39, 0.29) is 5.91 Å². The molecule has 23 heavy (non-hydrogen) atoms. The molecular weight excluding hydrogens is 306 g/mol. The van der Waals surface area contributed by atoms with Gasteiger partial charge in [0.25, 0.3) is 0 Å². The quantitative estimate of drug-likeness (QED) is 0.773. The molecule has 2 aromatic rings. The molecule has 1 amide bonds.